The van der Waals surface area contributed by atoms with Crippen molar-refractivity contribution in [1.29, 1.82) is 0 Å². The second-order valence-electron chi connectivity index (χ2n) is 6.30. The van der Waals surface area contributed by atoms with Crippen molar-refractivity contribution < 1.29 is 5.11 Å². The molecule has 0 radical (unpaired) electrons. The molecule has 1 fully saturated rings. The molecule has 2 unspecified atom stereocenters. The molecule has 2 atom stereocenters. The molecule has 0 aromatic heterocycles. The van der Waals surface area contributed by atoms with Crippen molar-refractivity contribution in [3.63, 3.8) is 0 Å². The first-order valence-electron chi connectivity index (χ1n) is 6.87. The molecule has 0 aliphatic carbocycles. The third kappa shape index (κ3) is 2.19. The van der Waals surface area contributed by atoms with E-state index in [1.807, 2.05) is 13.0 Å². The van der Waals surface area contributed by atoms with Gasteiger partial charge in [0.05, 0.1) is 5.60 Å². The van der Waals surface area contributed by atoms with Gasteiger partial charge in [0.25, 0.3) is 0 Å². The van der Waals surface area contributed by atoms with Gasteiger partial charge in [0.2, 0.25) is 0 Å². The maximum Gasteiger partial charge on any atom is 0.0823 e. The molecular weight excluding hydrogens is 222 g/mol. The number of hydrogen-bond acceptors (Lipinski definition) is 2. The van der Waals surface area contributed by atoms with Crippen LogP contribution in [0.3, 0.4) is 0 Å². The standard InChI is InChI=1S/C16H25NO/c1-13-10-11-17(15(2,3)16(13,4)18)12-14-8-6-5-7-9-14/h5-9,13,18H,10-12H2,1-4H3. The van der Waals surface area contributed by atoms with Gasteiger partial charge in [-0.1, -0.05) is 37.3 Å². The maximum atomic E-state index is 10.8. The van der Waals surface area contributed by atoms with Crippen LogP contribution in [0, 0.1) is 5.92 Å². The summed E-state index contributed by atoms with van der Waals surface area (Å²) in [6.07, 6.45) is 1.06. The fraction of sp³-hybridized carbons (Fsp3) is 0.625. The zero-order valence-electron chi connectivity index (χ0n) is 12.0. The first kappa shape index (κ1) is 13.6. The molecule has 1 aliphatic rings. The first-order valence-corrected chi connectivity index (χ1v) is 6.87. The van der Waals surface area contributed by atoms with Crippen LogP contribution in [0.15, 0.2) is 30.3 Å². The zero-order chi connectivity index (χ0) is 13.4. The molecule has 0 saturated carbocycles. The minimum absolute atomic E-state index is 0.194. The molecule has 2 rings (SSSR count). The molecule has 0 bridgehead atoms. The molecule has 1 aromatic carbocycles. The van der Waals surface area contributed by atoms with Crippen LogP contribution in [0.1, 0.15) is 39.7 Å². The van der Waals surface area contributed by atoms with Crippen LogP contribution in [-0.4, -0.2) is 27.7 Å². The van der Waals surface area contributed by atoms with Crippen LogP contribution < -0.4 is 0 Å². The molecule has 18 heavy (non-hydrogen) atoms. The van der Waals surface area contributed by atoms with E-state index in [0.29, 0.717) is 5.92 Å². The summed E-state index contributed by atoms with van der Waals surface area (Å²) in [5.41, 5.74) is 0.483. The second-order valence-corrected chi connectivity index (χ2v) is 6.30. The van der Waals surface area contributed by atoms with Gasteiger partial charge in [-0.2, -0.15) is 0 Å². The van der Waals surface area contributed by atoms with Gasteiger partial charge in [-0.05, 0) is 45.2 Å². The van der Waals surface area contributed by atoms with E-state index in [2.05, 4.69) is 49.9 Å². The second kappa shape index (κ2) is 4.67. The molecule has 1 saturated heterocycles. The Bertz CT molecular complexity index is 397. The predicted molar refractivity (Wildman–Crippen MR) is 75.3 cm³/mol. The highest BCUT2D eigenvalue weighted by Crippen LogP contribution is 2.40. The van der Waals surface area contributed by atoms with Gasteiger partial charge in [0.1, 0.15) is 0 Å². The Morgan fingerprint density at radius 2 is 1.83 bits per heavy atom. The third-order valence-electron chi connectivity index (χ3n) is 5.04. The predicted octanol–water partition coefficient (Wildman–Crippen LogP) is 3.06. The molecule has 2 heteroatoms. The summed E-state index contributed by atoms with van der Waals surface area (Å²) < 4.78 is 0. The quantitative estimate of drug-likeness (QED) is 0.868. The van der Waals surface area contributed by atoms with E-state index in [4.69, 9.17) is 0 Å². The lowest BCUT2D eigenvalue weighted by atomic mass is 9.70. The van der Waals surface area contributed by atoms with Crippen molar-refractivity contribution in [3.8, 4) is 0 Å². The van der Waals surface area contributed by atoms with Crippen molar-refractivity contribution in [2.24, 2.45) is 5.92 Å². The summed E-state index contributed by atoms with van der Waals surface area (Å²) in [7, 11) is 0. The largest absolute Gasteiger partial charge is 0.388 e. The highest BCUT2D eigenvalue weighted by Gasteiger charge is 2.50. The Hall–Kier alpha value is -0.860. The number of benzene rings is 1. The van der Waals surface area contributed by atoms with E-state index in [9.17, 15) is 5.11 Å². The average molecular weight is 247 g/mol. The molecule has 100 valence electrons. The zero-order valence-corrected chi connectivity index (χ0v) is 12.0. The lowest BCUT2D eigenvalue weighted by molar-refractivity contribution is -0.150. The number of likely N-dealkylation sites (tertiary alicyclic amines) is 1. The number of aliphatic hydroxyl groups is 1. The normalized spacial score (nSPS) is 32.4. The number of nitrogens with zero attached hydrogens (tertiary/aromatic N) is 1. The smallest absolute Gasteiger partial charge is 0.0823 e. The van der Waals surface area contributed by atoms with Crippen molar-refractivity contribution in [3.05, 3.63) is 35.9 Å². The molecule has 1 aromatic rings. The van der Waals surface area contributed by atoms with Crippen molar-refractivity contribution >= 4 is 0 Å². The Labute approximate surface area is 111 Å². The van der Waals surface area contributed by atoms with E-state index in [1.54, 1.807) is 0 Å². The molecule has 1 heterocycles. The van der Waals surface area contributed by atoms with Crippen molar-refractivity contribution in [1.82, 2.24) is 4.90 Å². The summed E-state index contributed by atoms with van der Waals surface area (Å²) in [4.78, 5) is 2.41. The molecule has 1 aliphatic heterocycles. The molecule has 0 amide bonds. The summed E-state index contributed by atoms with van der Waals surface area (Å²) in [5, 5.41) is 10.8. The maximum absolute atomic E-state index is 10.8. The van der Waals surface area contributed by atoms with E-state index >= 15 is 0 Å². The highest BCUT2D eigenvalue weighted by molar-refractivity contribution is 5.16. The van der Waals surface area contributed by atoms with Gasteiger partial charge in [-0.15, -0.1) is 0 Å². The van der Waals surface area contributed by atoms with Crippen molar-refractivity contribution in [2.75, 3.05) is 6.54 Å². The molecule has 2 nitrogen and oxygen atoms in total. The molecular formula is C16H25NO. The first-order chi connectivity index (χ1) is 8.35. The van der Waals surface area contributed by atoms with E-state index in [0.717, 1.165) is 19.5 Å². The fourth-order valence-corrected chi connectivity index (χ4v) is 2.91. The number of rotatable bonds is 2. The topological polar surface area (TPSA) is 23.5 Å². The van der Waals surface area contributed by atoms with Crippen LogP contribution >= 0.6 is 0 Å². The summed E-state index contributed by atoms with van der Waals surface area (Å²) >= 11 is 0. The monoisotopic (exact) mass is 247 g/mol. The number of piperidine rings is 1. The van der Waals surface area contributed by atoms with Gasteiger partial charge in [0.15, 0.2) is 0 Å². The summed E-state index contributed by atoms with van der Waals surface area (Å²) in [6, 6.07) is 10.5. The Kier molecular flexibility index (Phi) is 3.52. The highest BCUT2D eigenvalue weighted by atomic mass is 16.3. The van der Waals surface area contributed by atoms with E-state index < -0.39 is 5.60 Å². The Morgan fingerprint density at radius 1 is 1.22 bits per heavy atom. The third-order valence-corrected chi connectivity index (χ3v) is 5.04. The van der Waals surface area contributed by atoms with Crippen LogP contribution in [0.5, 0.6) is 0 Å². The van der Waals surface area contributed by atoms with Gasteiger partial charge in [-0.3, -0.25) is 4.90 Å². The van der Waals surface area contributed by atoms with Gasteiger partial charge in [-0.25, -0.2) is 0 Å². The lowest BCUT2D eigenvalue weighted by Crippen LogP contribution is -2.65. The Balaban J connectivity index is 2.19. The van der Waals surface area contributed by atoms with Crippen LogP contribution in [0.4, 0.5) is 0 Å². The molecule has 1 N–H and O–H groups in total. The summed E-state index contributed by atoms with van der Waals surface area (Å²) in [5.74, 6) is 0.347. The lowest BCUT2D eigenvalue weighted by Gasteiger charge is -2.55. The van der Waals surface area contributed by atoms with Gasteiger partial charge >= 0.3 is 0 Å². The minimum atomic E-state index is -0.639. The fourth-order valence-electron chi connectivity index (χ4n) is 2.91. The van der Waals surface area contributed by atoms with Crippen LogP contribution in [0.2, 0.25) is 0 Å². The minimum Gasteiger partial charge on any atom is -0.388 e. The van der Waals surface area contributed by atoms with E-state index in [-0.39, 0.29) is 5.54 Å². The van der Waals surface area contributed by atoms with Crippen molar-refractivity contribution in [2.45, 2.75) is 51.8 Å². The van der Waals surface area contributed by atoms with Crippen LogP contribution in [0.25, 0.3) is 0 Å². The van der Waals surface area contributed by atoms with Gasteiger partial charge in [0, 0.05) is 12.1 Å². The molecule has 0 spiro atoms. The average Bonchev–Trinajstić information content (AvgIpc) is 2.33. The van der Waals surface area contributed by atoms with Gasteiger partial charge < -0.3 is 5.11 Å². The Morgan fingerprint density at radius 3 is 2.44 bits per heavy atom. The number of hydrogen-bond donors (Lipinski definition) is 1. The van der Waals surface area contributed by atoms with E-state index in [1.165, 1.54) is 5.56 Å². The SMILES string of the molecule is CC1CCN(Cc2ccccc2)C(C)(C)C1(C)O. The van der Waals surface area contributed by atoms with Crippen LogP contribution in [-0.2, 0) is 6.54 Å². The summed E-state index contributed by atoms with van der Waals surface area (Å²) in [6.45, 7) is 10.4.